The fourth-order valence-electron chi connectivity index (χ4n) is 3.68. The van der Waals surface area contributed by atoms with Crippen LogP contribution < -0.4 is 38.9 Å². The maximum absolute atomic E-state index is 13.3. The molecule has 4 atom stereocenters. The molecule has 0 aromatic heterocycles. The van der Waals surface area contributed by atoms with Gasteiger partial charge in [0.15, 0.2) is 5.96 Å². The first-order chi connectivity index (χ1) is 18.7. The number of carboxylic acids is 1. The third kappa shape index (κ3) is 12.9. The van der Waals surface area contributed by atoms with E-state index in [1.165, 1.54) is 12.1 Å². The number of primary amides is 1. The highest BCUT2D eigenvalue weighted by Crippen LogP contribution is 2.13. The lowest BCUT2D eigenvalue weighted by atomic mass is 10.0. The summed E-state index contributed by atoms with van der Waals surface area (Å²) in [5.74, 6) is -4.59. The zero-order valence-corrected chi connectivity index (χ0v) is 22.6. The number of nitrogens with two attached hydrogens (primary N) is 4. The number of carboxylic acid groups (broad SMARTS) is 1. The number of aliphatic carboxylic acids is 1. The minimum atomic E-state index is -1.31. The van der Waals surface area contributed by atoms with Gasteiger partial charge in [0.2, 0.25) is 23.6 Å². The summed E-state index contributed by atoms with van der Waals surface area (Å²) in [7, 11) is 0. The van der Waals surface area contributed by atoms with Crippen LogP contribution in [0.1, 0.15) is 45.1 Å². The van der Waals surface area contributed by atoms with Crippen molar-refractivity contribution in [2.24, 2.45) is 33.8 Å². The van der Waals surface area contributed by atoms with Gasteiger partial charge in [-0.15, -0.1) is 0 Å². The van der Waals surface area contributed by atoms with E-state index in [4.69, 9.17) is 22.9 Å². The molecule has 1 aromatic carbocycles. The normalized spacial score (nSPS) is 13.8. The van der Waals surface area contributed by atoms with Crippen molar-refractivity contribution in [1.29, 1.82) is 0 Å². The summed E-state index contributed by atoms with van der Waals surface area (Å²) >= 11 is 0. The molecule has 0 saturated heterocycles. The SMILES string of the molecule is CC(C)CC(NC(=O)C(Cc1ccc(O)cc1)NC(=O)C(CCCN=C(N)N)NC(=O)C(N)CC(N)=O)C(=O)O. The van der Waals surface area contributed by atoms with Gasteiger partial charge in [-0.25, -0.2) is 4.79 Å². The zero-order chi connectivity index (χ0) is 30.4. The average molecular weight is 565 g/mol. The summed E-state index contributed by atoms with van der Waals surface area (Å²) in [6.07, 6.45) is -0.0572. The number of aliphatic imine (C=N–C) groups is 1. The highest BCUT2D eigenvalue weighted by Gasteiger charge is 2.31. The Balaban J connectivity index is 3.20. The van der Waals surface area contributed by atoms with Gasteiger partial charge in [0, 0.05) is 13.0 Å². The summed E-state index contributed by atoms with van der Waals surface area (Å²) in [4.78, 5) is 65.8. The van der Waals surface area contributed by atoms with E-state index < -0.39 is 60.2 Å². The number of nitrogens with zero attached hydrogens (tertiary/aromatic N) is 1. The fourth-order valence-corrected chi connectivity index (χ4v) is 3.68. The van der Waals surface area contributed by atoms with Crippen LogP contribution in [0.3, 0.4) is 0 Å². The molecule has 15 nitrogen and oxygen atoms in total. The van der Waals surface area contributed by atoms with Crippen LogP contribution in [0, 0.1) is 5.92 Å². The topological polar surface area (TPSA) is 278 Å². The minimum Gasteiger partial charge on any atom is -0.508 e. The van der Waals surface area contributed by atoms with Crippen molar-refractivity contribution in [3.8, 4) is 5.75 Å². The highest BCUT2D eigenvalue weighted by molar-refractivity contribution is 5.95. The zero-order valence-electron chi connectivity index (χ0n) is 22.6. The Morgan fingerprint density at radius 1 is 0.875 bits per heavy atom. The molecule has 1 aromatic rings. The molecule has 0 aliphatic carbocycles. The molecule has 4 amide bonds. The fraction of sp³-hybridized carbons (Fsp3) is 0.520. The molecular weight excluding hydrogens is 524 g/mol. The van der Waals surface area contributed by atoms with Gasteiger partial charge >= 0.3 is 5.97 Å². The maximum Gasteiger partial charge on any atom is 0.326 e. The smallest absolute Gasteiger partial charge is 0.326 e. The lowest BCUT2D eigenvalue weighted by Crippen LogP contribution is -2.58. The molecule has 0 heterocycles. The molecule has 0 spiro atoms. The Morgan fingerprint density at radius 3 is 1.95 bits per heavy atom. The van der Waals surface area contributed by atoms with Crippen LogP contribution in [0.25, 0.3) is 0 Å². The van der Waals surface area contributed by atoms with Crippen molar-refractivity contribution in [3.05, 3.63) is 29.8 Å². The second-order valence-electron chi connectivity index (χ2n) is 9.75. The first kappa shape index (κ1) is 33.6. The van der Waals surface area contributed by atoms with Gasteiger partial charge < -0.3 is 49.1 Å². The summed E-state index contributed by atoms with van der Waals surface area (Å²) < 4.78 is 0. The van der Waals surface area contributed by atoms with E-state index in [0.29, 0.717) is 5.56 Å². The molecule has 1 rings (SSSR count). The number of nitrogens with one attached hydrogen (secondary N) is 3. The first-order valence-corrected chi connectivity index (χ1v) is 12.7. The number of amides is 4. The van der Waals surface area contributed by atoms with Gasteiger partial charge in [-0.05, 0) is 42.9 Å². The quantitative estimate of drug-likeness (QED) is 0.0558. The molecule has 222 valence electrons. The largest absolute Gasteiger partial charge is 0.508 e. The number of benzene rings is 1. The van der Waals surface area contributed by atoms with Gasteiger partial charge in [-0.3, -0.25) is 24.2 Å². The summed E-state index contributed by atoms with van der Waals surface area (Å²) in [5, 5.41) is 26.6. The molecule has 0 fully saturated rings. The number of carbonyl (C=O) groups excluding carboxylic acids is 4. The Hall–Kier alpha value is -4.40. The van der Waals surface area contributed by atoms with Gasteiger partial charge in [0.1, 0.15) is 23.9 Å². The third-order valence-electron chi connectivity index (χ3n) is 5.67. The van der Waals surface area contributed by atoms with Crippen LogP contribution in [-0.2, 0) is 30.4 Å². The standard InChI is InChI=1S/C25H40N8O7/c1-13(2)10-19(24(39)40)33-23(38)18(11-14-5-7-15(34)8-6-14)32-22(37)17(4-3-9-30-25(28)29)31-21(36)16(26)12-20(27)35/h5-8,13,16-19,34H,3-4,9-12,26H2,1-2H3,(H2,27,35)(H,31,36)(H,32,37)(H,33,38)(H,39,40)(H4,28,29,30). The molecule has 0 saturated carbocycles. The average Bonchev–Trinajstić information content (AvgIpc) is 2.85. The molecule has 13 N–H and O–H groups in total. The molecule has 0 radical (unpaired) electrons. The van der Waals surface area contributed by atoms with Crippen molar-refractivity contribution in [1.82, 2.24) is 16.0 Å². The number of hydrogen-bond donors (Lipinski definition) is 9. The lowest BCUT2D eigenvalue weighted by Gasteiger charge is -2.25. The number of hydrogen-bond acceptors (Lipinski definition) is 8. The minimum absolute atomic E-state index is 0.00693. The number of phenolic OH excluding ortho intramolecular Hbond substituents is 1. The number of rotatable bonds is 17. The second kappa shape index (κ2) is 16.5. The van der Waals surface area contributed by atoms with E-state index in [0.717, 1.165) is 0 Å². The van der Waals surface area contributed by atoms with Crippen LogP contribution in [-0.4, -0.2) is 76.5 Å². The Labute approximate surface area is 232 Å². The number of phenols is 1. The Bertz CT molecular complexity index is 1060. The van der Waals surface area contributed by atoms with Crippen molar-refractivity contribution in [2.75, 3.05) is 6.54 Å². The van der Waals surface area contributed by atoms with Crippen molar-refractivity contribution in [3.63, 3.8) is 0 Å². The van der Waals surface area contributed by atoms with E-state index in [1.807, 2.05) is 0 Å². The van der Waals surface area contributed by atoms with E-state index in [-0.39, 0.29) is 49.9 Å². The van der Waals surface area contributed by atoms with Crippen LogP contribution in [0.5, 0.6) is 5.75 Å². The molecule has 15 heteroatoms. The lowest BCUT2D eigenvalue weighted by molar-refractivity contribution is -0.142. The van der Waals surface area contributed by atoms with E-state index >= 15 is 0 Å². The van der Waals surface area contributed by atoms with Crippen LogP contribution in [0.15, 0.2) is 29.3 Å². The monoisotopic (exact) mass is 564 g/mol. The number of carbonyl (C=O) groups is 5. The van der Waals surface area contributed by atoms with Crippen LogP contribution in [0.4, 0.5) is 0 Å². The predicted octanol–water partition coefficient (Wildman–Crippen LogP) is -2.22. The maximum atomic E-state index is 13.3. The Morgan fingerprint density at radius 2 is 1.43 bits per heavy atom. The summed E-state index contributed by atoms with van der Waals surface area (Å²) in [5.41, 5.74) is 22.0. The van der Waals surface area contributed by atoms with Gasteiger partial charge in [-0.1, -0.05) is 26.0 Å². The van der Waals surface area contributed by atoms with Gasteiger partial charge in [0.25, 0.3) is 0 Å². The van der Waals surface area contributed by atoms with E-state index in [2.05, 4.69) is 20.9 Å². The molecule has 0 aliphatic heterocycles. The molecule has 4 unspecified atom stereocenters. The van der Waals surface area contributed by atoms with Crippen LogP contribution >= 0.6 is 0 Å². The molecule has 0 bridgehead atoms. The van der Waals surface area contributed by atoms with E-state index in [9.17, 15) is 34.2 Å². The molecule has 0 aliphatic rings. The highest BCUT2D eigenvalue weighted by atomic mass is 16.4. The summed E-state index contributed by atoms with van der Waals surface area (Å²) in [6, 6.07) is 0.922. The number of guanidine groups is 1. The first-order valence-electron chi connectivity index (χ1n) is 12.7. The number of aromatic hydroxyl groups is 1. The third-order valence-corrected chi connectivity index (χ3v) is 5.67. The van der Waals surface area contributed by atoms with Crippen molar-refractivity contribution >= 4 is 35.6 Å². The van der Waals surface area contributed by atoms with E-state index in [1.54, 1.807) is 26.0 Å². The summed E-state index contributed by atoms with van der Waals surface area (Å²) in [6.45, 7) is 3.74. The molecule has 40 heavy (non-hydrogen) atoms. The van der Waals surface area contributed by atoms with Crippen LogP contribution in [0.2, 0.25) is 0 Å². The Kier molecular flexibility index (Phi) is 13.9. The second-order valence-corrected chi connectivity index (χ2v) is 9.75. The van der Waals surface area contributed by atoms with Crippen molar-refractivity contribution < 1.29 is 34.2 Å². The van der Waals surface area contributed by atoms with Gasteiger partial charge in [-0.2, -0.15) is 0 Å². The molecular formula is C25H40N8O7. The predicted molar refractivity (Wildman–Crippen MR) is 146 cm³/mol. The van der Waals surface area contributed by atoms with Gasteiger partial charge in [0.05, 0.1) is 12.5 Å². The van der Waals surface area contributed by atoms with Crippen molar-refractivity contribution in [2.45, 2.75) is 70.1 Å².